The van der Waals surface area contributed by atoms with Gasteiger partial charge >= 0.3 is 6.09 Å². The molecule has 0 aromatic carbocycles. The summed E-state index contributed by atoms with van der Waals surface area (Å²) in [5.74, 6) is 0.778. The summed E-state index contributed by atoms with van der Waals surface area (Å²) in [6.07, 6.45) is -0.262. The molecule has 1 atom stereocenters. The highest BCUT2D eigenvalue weighted by atomic mass is 32.1. The van der Waals surface area contributed by atoms with Crippen LogP contribution >= 0.6 is 22.7 Å². The number of nitrogens with zero attached hydrogens (tertiary/aromatic N) is 5. The fourth-order valence-corrected chi connectivity index (χ4v) is 5.42. The molecule has 0 saturated carbocycles. The summed E-state index contributed by atoms with van der Waals surface area (Å²) < 4.78 is 6.61. The molecule has 1 aliphatic rings. The molecule has 0 aliphatic carbocycles. The van der Waals surface area contributed by atoms with Crippen LogP contribution < -0.4 is 0 Å². The average Bonchev–Trinajstić information content (AvgIpc) is 3.36. The van der Waals surface area contributed by atoms with Gasteiger partial charge in [0.2, 0.25) is 10.8 Å². The third kappa shape index (κ3) is 3.40. The molecule has 10 heteroatoms. The van der Waals surface area contributed by atoms with Crippen LogP contribution in [-0.4, -0.2) is 68.4 Å². The number of hydrogen-bond donors (Lipinski definition) is 1. The van der Waals surface area contributed by atoms with E-state index in [9.17, 15) is 9.90 Å². The number of carbonyl (C=O) groups is 1. The highest BCUT2D eigenvalue weighted by Crippen LogP contribution is 2.41. The Balaban J connectivity index is 1.62. The van der Waals surface area contributed by atoms with Crippen LogP contribution in [0.2, 0.25) is 0 Å². The van der Waals surface area contributed by atoms with Crippen LogP contribution in [0.3, 0.4) is 0 Å². The first kappa shape index (κ1) is 18.2. The SMILES string of the molecule is CCOC(=O)N1CCN([C@H](c2cccs2)c2sc3nc(C)nn3c2O)CC1. The van der Waals surface area contributed by atoms with E-state index >= 15 is 0 Å². The van der Waals surface area contributed by atoms with Gasteiger partial charge in [0.25, 0.3) is 0 Å². The normalized spacial score (nSPS) is 16.7. The van der Waals surface area contributed by atoms with E-state index in [1.165, 1.54) is 15.9 Å². The van der Waals surface area contributed by atoms with Gasteiger partial charge in [-0.25, -0.2) is 9.78 Å². The lowest BCUT2D eigenvalue weighted by Crippen LogP contribution is -2.49. The summed E-state index contributed by atoms with van der Waals surface area (Å²) in [6, 6.07) is 4.01. The van der Waals surface area contributed by atoms with Crippen LogP contribution in [0.25, 0.3) is 4.96 Å². The second-order valence-corrected chi connectivity index (χ2v) is 8.27. The molecule has 1 amide bonds. The summed E-state index contributed by atoms with van der Waals surface area (Å²) in [5.41, 5.74) is 0. The first-order chi connectivity index (χ1) is 13.1. The van der Waals surface area contributed by atoms with Crippen molar-refractivity contribution in [2.75, 3.05) is 32.8 Å². The Morgan fingerprint density at radius 1 is 1.37 bits per heavy atom. The standard InChI is InChI=1S/C17H21N5O3S2/c1-3-25-17(24)21-8-6-20(7-9-21)13(12-5-4-10-26-12)14-15(23)22-16(27-14)18-11(2)19-22/h4-5,10,13,23H,3,6-9H2,1-2H3/t13-/m1/s1. The molecule has 0 spiro atoms. The molecular formula is C17H21N5O3S2. The molecule has 1 aliphatic heterocycles. The Bertz CT molecular complexity index is 928. The van der Waals surface area contributed by atoms with Crippen LogP contribution in [0.1, 0.15) is 28.5 Å². The van der Waals surface area contributed by atoms with Gasteiger partial charge in [-0.05, 0) is 25.3 Å². The largest absolute Gasteiger partial charge is 0.492 e. The van der Waals surface area contributed by atoms with Crippen LogP contribution in [0.5, 0.6) is 5.88 Å². The van der Waals surface area contributed by atoms with E-state index in [0.717, 1.165) is 9.75 Å². The van der Waals surface area contributed by atoms with Crippen molar-refractivity contribution in [3.8, 4) is 5.88 Å². The summed E-state index contributed by atoms with van der Waals surface area (Å²) in [4.78, 5) is 23.0. The molecule has 144 valence electrons. The maximum Gasteiger partial charge on any atom is 0.409 e. The number of aromatic hydroxyl groups is 1. The van der Waals surface area contributed by atoms with Crippen molar-refractivity contribution < 1.29 is 14.6 Å². The number of aromatic nitrogens is 3. The van der Waals surface area contributed by atoms with Gasteiger partial charge in [-0.15, -0.1) is 16.4 Å². The van der Waals surface area contributed by atoms with Gasteiger partial charge < -0.3 is 14.7 Å². The first-order valence-electron chi connectivity index (χ1n) is 8.82. The zero-order chi connectivity index (χ0) is 19.0. The fourth-order valence-electron chi connectivity index (χ4n) is 3.33. The summed E-state index contributed by atoms with van der Waals surface area (Å²) in [6.45, 7) is 6.60. The first-order valence-corrected chi connectivity index (χ1v) is 10.5. The third-order valence-corrected chi connectivity index (χ3v) is 6.57. The molecule has 27 heavy (non-hydrogen) atoms. The molecule has 0 unspecified atom stereocenters. The Kier molecular flexibility index (Phi) is 5.02. The molecule has 1 saturated heterocycles. The highest BCUT2D eigenvalue weighted by Gasteiger charge is 2.33. The average molecular weight is 408 g/mol. The maximum atomic E-state index is 12.0. The molecule has 0 bridgehead atoms. The van der Waals surface area contributed by atoms with Crippen molar-refractivity contribution in [1.82, 2.24) is 24.4 Å². The Morgan fingerprint density at radius 2 is 2.15 bits per heavy atom. The molecule has 3 aromatic heterocycles. The number of rotatable bonds is 4. The van der Waals surface area contributed by atoms with Crippen molar-refractivity contribution in [2.24, 2.45) is 0 Å². The molecule has 1 fully saturated rings. The number of aryl methyl sites for hydroxylation is 1. The van der Waals surface area contributed by atoms with E-state index in [1.807, 2.05) is 25.3 Å². The predicted octanol–water partition coefficient (Wildman–Crippen LogP) is 2.73. The fraction of sp³-hybridized carbons (Fsp3) is 0.471. The number of thiazole rings is 1. The van der Waals surface area contributed by atoms with E-state index < -0.39 is 0 Å². The minimum absolute atomic E-state index is 0.0804. The predicted molar refractivity (Wildman–Crippen MR) is 104 cm³/mol. The molecular weight excluding hydrogens is 386 g/mol. The molecule has 1 N–H and O–H groups in total. The zero-order valence-corrected chi connectivity index (χ0v) is 16.8. The van der Waals surface area contributed by atoms with E-state index in [1.54, 1.807) is 16.2 Å². The third-order valence-electron chi connectivity index (χ3n) is 4.57. The maximum absolute atomic E-state index is 12.0. The van der Waals surface area contributed by atoms with Crippen LogP contribution in [0.4, 0.5) is 4.79 Å². The Labute approximate surface area is 164 Å². The molecule has 8 nitrogen and oxygen atoms in total. The van der Waals surface area contributed by atoms with E-state index in [0.29, 0.717) is 43.6 Å². The van der Waals surface area contributed by atoms with Crippen molar-refractivity contribution in [3.05, 3.63) is 33.1 Å². The monoisotopic (exact) mass is 407 g/mol. The second-order valence-electron chi connectivity index (χ2n) is 6.28. The zero-order valence-electron chi connectivity index (χ0n) is 15.2. The van der Waals surface area contributed by atoms with Crippen molar-refractivity contribution >= 4 is 33.7 Å². The van der Waals surface area contributed by atoms with Gasteiger partial charge in [0.1, 0.15) is 5.82 Å². The molecule has 4 heterocycles. The van der Waals surface area contributed by atoms with E-state index in [4.69, 9.17) is 4.74 Å². The van der Waals surface area contributed by atoms with Crippen molar-refractivity contribution in [3.63, 3.8) is 0 Å². The lowest BCUT2D eigenvalue weighted by atomic mass is 10.1. The molecule has 3 aromatic rings. The minimum atomic E-state index is -0.262. The lowest BCUT2D eigenvalue weighted by molar-refractivity contribution is 0.0719. The van der Waals surface area contributed by atoms with Gasteiger partial charge in [0.05, 0.1) is 17.5 Å². The lowest BCUT2D eigenvalue weighted by Gasteiger charge is -2.38. The number of carbonyl (C=O) groups excluding carboxylic acids is 1. The van der Waals surface area contributed by atoms with Crippen LogP contribution in [0, 0.1) is 6.92 Å². The van der Waals surface area contributed by atoms with Gasteiger partial charge in [-0.1, -0.05) is 17.4 Å². The van der Waals surface area contributed by atoms with Crippen molar-refractivity contribution in [2.45, 2.75) is 19.9 Å². The number of fused-ring (bicyclic) bond motifs is 1. The summed E-state index contributed by atoms with van der Waals surface area (Å²) in [7, 11) is 0. The second kappa shape index (κ2) is 7.45. The number of ether oxygens (including phenoxy) is 1. The number of amides is 1. The van der Waals surface area contributed by atoms with Crippen molar-refractivity contribution in [1.29, 1.82) is 0 Å². The molecule has 0 radical (unpaired) electrons. The number of piperazine rings is 1. The van der Waals surface area contributed by atoms with Crippen LogP contribution in [-0.2, 0) is 4.74 Å². The van der Waals surface area contributed by atoms with E-state index in [-0.39, 0.29) is 18.0 Å². The van der Waals surface area contributed by atoms with Crippen LogP contribution in [0.15, 0.2) is 17.5 Å². The number of thiophene rings is 1. The Hall–Kier alpha value is -2.17. The number of hydrogen-bond acceptors (Lipinski definition) is 8. The Morgan fingerprint density at radius 3 is 2.78 bits per heavy atom. The highest BCUT2D eigenvalue weighted by molar-refractivity contribution is 7.17. The van der Waals surface area contributed by atoms with Gasteiger partial charge in [0, 0.05) is 31.1 Å². The van der Waals surface area contributed by atoms with Gasteiger partial charge in [0.15, 0.2) is 0 Å². The van der Waals surface area contributed by atoms with Gasteiger partial charge in [-0.2, -0.15) is 4.52 Å². The summed E-state index contributed by atoms with van der Waals surface area (Å²) in [5, 5.41) is 17.1. The topological polar surface area (TPSA) is 83.2 Å². The summed E-state index contributed by atoms with van der Waals surface area (Å²) >= 11 is 3.12. The minimum Gasteiger partial charge on any atom is -0.492 e. The smallest absolute Gasteiger partial charge is 0.409 e. The quantitative estimate of drug-likeness (QED) is 0.716. The van der Waals surface area contributed by atoms with Gasteiger partial charge in [-0.3, -0.25) is 4.90 Å². The van der Waals surface area contributed by atoms with E-state index in [2.05, 4.69) is 21.0 Å². The molecule has 4 rings (SSSR count).